The van der Waals surface area contributed by atoms with Crippen LogP contribution in [0.4, 0.5) is 4.79 Å². The number of carbonyl (C=O) groups is 1. The van der Waals surface area contributed by atoms with E-state index < -0.39 is 6.10 Å². The van der Waals surface area contributed by atoms with Gasteiger partial charge < -0.3 is 20.5 Å². The summed E-state index contributed by atoms with van der Waals surface area (Å²) in [6, 6.07) is 15.7. The number of ether oxygens (including phenoxy) is 1. The summed E-state index contributed by atoms with van der Waals surface area (Å²) >= 11 is 0. The van der Waals surface area contributed by atoms with Gasteiger partial charge in [-0.15, -0.1) is 0 Å². The van der Waals surface area contributed by atoms with E-state index in [9.17, 15) is 9.90 Å². The second kappa shape index (κ2) is 8.53. The third-order valence-corrected chi connectivity index (χ3v) is 4.27. The topological polar surface area (TPSA) is 70.6 Å². The summed E-state index contributed by atoms with van der Waals surface area (Å²) in [5.74, 6) is 0.974. The van der Waals surface area contributed by atoms with Gasteiger partial charge in [0, 0.05) is 25.9 Å². The van der Waals surface area contributed by atoms with Crippen molar-refractivity contribution in [3.8, 4) is 5.75 Å². The number of benzene rings is 2. The lowest BCUT2D eigenvalue weighted by molar-refractivity contribution is 0.170. The van der Waals surface area contributed by atoms with Gasteiger partial charge in [-0.25, -0.2) is 4.79 Å². The minimum Gasteiger partial charge on any atom is -0.493 e. The van der Waals surface area contributed by atoms with Crippen LogP contribution in [0.2, 0.25) is 0 Å². The maximum Gasteiger partial charge on any atom is 0.314 e. The molecular weight excluding hydrogens is 316 g/mol. The van der Waals surface area contributed by atoms with Crippen molar-refractivity contribution in [1.82, 2.24) is 10.6 Å². The van der Waals surface area contributed by atoms with Crippen LogP contribution >= 0.6 is 0 Å². The van der Waals surface area contributed by atoms with Crippen LogP contribution < -0.4 is 15.4 Å². The zero-order chi connectivity index (χ0) is 17.5. The summed E-state index contributed by atoms with van der Waals surface area (Å²) in [6.45, 7) is 1.54. The number of hydrogen-bond acceptors (Lipinski definition) is 3. The van der Waals surface area contributed by atoms with E-state index in [1.807, 2.05) is 42.5 Å². The fraction of sp³-hybridized carbons (Fsp3) is 0.350. The molecule has 25 heavy (non-hydrogen) atoms. The number of fused-ring (bicyclic) bond motifs is 1. The molecule has 0 bridgehead atoms. The Kier molecular flexibility index (Phi) is 5.90. The zero-order valence-electron chi connectivity index (χ0n) is 14.2. The molecule has 0 aromatic heterocycles. The predicted octanol–water partition coefficient (Wildman–Crippen LogP) is 2.07. The van der Waals surface area contributed by atoms with Gasteiger partial charge in [0.05, 0.1) is 12.7 Å². The van der Waals surface area contributed by atoms with Crippen LogP contribution in [0.15, 0.2) is 48.5 Å². The molecule has 2 aromatic rings. The molecule has 0 aliphatic carbocycles. The van der Waals surface area contributed by atoms with Crippen LogP contribution in [0.5, 0.6) is 5.75 Å². The number of aliphatic hydroxyl groups is 1. The first-order chi connectivity index (χ1) is 12.2. The first-order valence-electron chi connectivity index (χ1n) is 8.69. The number of rotatable bonds is 7. The van der Waals surface area contributed by atoms with Gasteiger partial charge in [-0.05, 0) is 29.2 Å². The monoisotopic (exact) mass is 340 g/mol. The Labute approximate surface area is 148 Å². The van der Waals surface area contributed by atoms with Crippen molar-refractivity contribution in [2.75, 3.05) is 19.7 Å². The Bertz CT molecular complexity index is 703. The van der Waals surface area contributed by atoms with Crippen LogP contribution in [0.3, 0.4) is 0 Å². The average Bonchev–Trinajstić information content (AvgIpc) is 3.09. The number of hydrogen-bond donors (Lipinski definition) is 3. The van der Waals surface area contributed by atoms with E-state index in [4.69, 9.17) is 4.74 Å². The fourth-order valence-electron chi connectivity index (χ4n) is 2.95. The minimum absolute atomic E-state index is 0.233. The van der Waals surface area contributed by atoms with Crippen molar-refractivity contribution in [1.29, 1.82) is 0 Å². The maximum atomic E-state index is 11.8. The number of urea groups is 1. The third kappa shape index (κ3) is 5.22. The highest BCUT2D eigenvalue weighted by Gasteiger charge is 2.12. The van der Waals surface area contributed by atoms with E-state index >= 15 is 0 Å². The SMILES string of the molecule is O=C(NCCc1ccc2c(c1)CCO2)NCC(O)Cc1ccccc1. The molecule has 2 aromatic carbocycles. The molecule has 0 spiro atoms. The Morgan fingerprint density at radius 2 is 1.96 bits per heavy atom. The first kappa shape index (κ1) is 17.3. The molecule has 1 heterocycles. The van der Waals surface area contributed by atoms with Gasteiger partial charge in [0.25, 0.3) is 0 Å². The minimum atomic E-state index is -0.593. The summed E-state index contributed by atoms with van der Waals surface area (Å²) < 4.78 is 5.49. The van der Waals surface area contributed by atoms with Gasteiger partial charge in [0.2, 0.25) is 0 Å². The van der Waals surface area contributed by atoms with E-state index in [1.165, 1.54) is 11.1 Å². The summed E-state index contributed by atoms with van der Waals surface area (Å²) in [7, 11) is 0. The fourth-order valence-corrected chi connectivity index (χ4v) is 2.95. The van der Waals surface area contributed by atoms with Crippen molar-refractivity contribution < 1.29 is 14.6 Å². The van der Waals surface area contributed by atoms with Gasteiger partial charge in [-0.2, -0.15) is 0 Å². The van der Waals surface area contributed by atoms with E-state index in [0.29, 0.717) is 13.0 Å². The molecule has 1 unspecified atom stereocenters. The Balaban J connectivity index is 1.34. The standard InChI is InChI=1S/C20H24N2O3/c23-18(13-15-4-2-1-3-5-15)14-22-20(24)21-10-8-16-6-7-19-17(12-16)9-11-25-19/h1-7,12,18,23H,8-11,13-14H2,(H2,21,22,24). The van der Waals surface area contributed by atoms with Gasteiger partial charge in [-0.1, -0.05) is 42.5 Å². The van der Waals surface area contributed by atoms with Crippen molar-refractivity contribution in [2.45, 2.75) is 25.4 Å². The number of nitrogens with one attached hydrogen (secondary N) is 2. The predicted molar refractivity (Wildman–Crippen MR) is 96.9 cm³/mol. The summed E-state index contributed by atoms with van der Waals surface area (Å²) in [5, 5.41) is 15.5. The molecule has 132 valence electrons. The number of amides is 2. The van der Waals surface area contributed by atoms with Crippen molar-refractivity contribution in [3.63, 3.8) is 0 Å². The Morgan fingerprint density at radius 3 is 2.80 bits per heavy atom. The van der Waals surface area contributed by atoms with Crippen LogP contribution in [-0.2, 0) is 19.3 Å². The van der Waals surface area contributed by atoms with Crippen molar-refractivity contribution in [3.05, 3.63) is 65.2 Å². The van der Waals surface area contributed by atoms with Gasteiger partial charge in [0.15, 0.2) is 0 Å². The molecule has 0 saturated carbocycles. The molecule has 1 atom stereocenters. The van der Waals surface area contributed by atoms with Crippen LogP contribution in [0, 0.1) is 0 Å². The van der Waals surface area contributed by atoms with Crippen LogP contribution in [0.1, 0.15) is 16.7 Å². The van der Waals surface area contributed by atoms with Gasteiger partial charge in [0.1, 0.15) is 5.75 Å². The third-order valence-electron chi connectivity index (χ3n) is 4.27. The molecule has 1 aliphatic heterocycles. The van der Waals surface area contributed by atoms with Crippen LogP contribution in [0.25, 0.3) is 0 Å². The number of aliphatic hydroxyl groups excluding tert-OH is 1. The van der Waals surface area contributed by atoms with Gasteiger partial charge in [-0.3, -0.25) is 0 Å². The Morgan fingerprint density at radius 1 is 1.12 bits per heavy atom. The molecule has 0 radical (unpaired) electrons. The van der Waals surface area contributed by atoms with E-state index in [2.05, 4.69) is 16.7 Å². The molecule has 3 N–H and O–H groups in total. The lowest BCUT2D eigenvalue weighted by Gasteiger charge is -2.13. The lowest BCUT2D eigenvalue weighted by Crippen LogP contribution is -2.41. The molecule has 5 nitrogen and oxygen atoms in total. The van der Waals surface area contributed by atoms with E-state index in [-0.39, 0.29) is 12.6 Å². The molecular formula is C20H24N2O3. The maximum absolute atomic E-state index is 11.8. The molecule has 0 fully saturated rings. The molecule has 3 rings (SSSR count). The van der Waals surface area contributed by atoms with Gasteiger partial charge >= 0.3 is 6.03 Å². The quantitative estimate of drug-likeness (QED) is 0.723. The lowest BCUT2D eigenvalue weighted by atomic mass is 10.1. The second-order valence-corrected chi connectivity index (χ2v) is 6.27. The highest BCUT2D eigenvalue weighted by Crippen LogP contribution is 2.25. The van der Waals surface area contributed by atoms with Crippen LogP contribution in [-0.4, -0.2) is 36.9 Å². The summed E-state index contributed by atoms with van der Waals surface area (Å²) in [4.78, 5) is 11.8. The van der Waals surface area contributed by atoms with Crippen molar-refractivity contribution in [2.24, 2.45) is 0 Å². The van der Waals surface area contributed by atoms with E-state index in [1.54, 1.807) is 0 Å². The molecule has 1 aliphatic rings. The molecule has 5 heteroatoms. The van der Waals surface area contributed by atoms with Crippen molar-refractivity contribution >= 4 is 6.03 Å². The summed E-state index contributed by atoms with van der Waals surface area (Å²) in [5.41, 5.74) is 3.48. The zero-order valence-corrected chi connectivity index (χ0v) is 14.2. The molecule has 2 amide bonds. The summed E-state index contributed by atoms with van der Waals surface area (Å²) in [6.07, 6.45) is 1.66. The molecule has 0 saturated heterocycles. The van der Waals surface area contributed by atoms with E-state index in [0.717, 1.165) is 30.8 Å². The highest BCUT2D eigenvalue weighted by atomic mass is 16.5. The average molecular weight is 340 g/mol. The highest BCUT2D eigenvalue weighted by molar-refractivity contribution is 5.73. The first-order valence-corrected chi connectivity index (χ1v) is 8.69. The largest absolute Gasteiger partial charge is 0.493 e. The smallest absolute Gasteiger partial charge is 0.314 e. The Hall–Kier alpha value is -2.53. The normalized spacial score (nSPS) is 13.6. The second-order valence-electron chi connectivity index (χ2n) is 6.27. The number of carbonyl (C=O) groups excluding carboxylic acids is 1.